The SMILES string of the molecule is CO[Si](Cc1ccnc(OC(=O)C(C)N2C(=O)c3cc(Oc4cc(C)cc(C)c4)c4c5c(Oc6cc(C)cc(C)c6)cc6c7c(cc(Oc8cc(C)cc(C)c8)c(c8c(Oc9cc(C)cc(C)c9)cc(c3c48)C2=O)c75)C(=O)N(C(C(=O)Oc2cc(C[Si](OC)(OC)OC)ccn2)C(F)(F)F)C6=O)c1)(OC)OC. The third-order valence-electron chi connectivity index (χ3n) is 18.9. The van der Waals surface area contributed by atoms with Crippen LogP contribution in [0.15, 0.2) is 134 Å². The summed E-state index contributed by atoms with van der Waals surface area (Å²) in [7, 11) is 1.81. The molecular formula is C80H73F3N4O18Si2. The number of fused-ring (bicyclic) bond motifs is 2. The third-order valence-corrected chi connectivity index (χ3v) is 24.3. The van der Waals surface area contributed by atoms with Crippen LogP contribution >= 0.6 is 0 Å². The van der Waals surface area contributed by atoms with Crippen molar-refractivity contribution >= 4 is 96.3 Å². The molecule has 550 valence electrons. The number of carbonyl (C=O) groups excluding carboxylic acids is 6. The summed E-state index contributed by atoms with van der Waals surface area (Å²) >= 11 is 0. The van der Waals surface area contributed by atoms with Gasteiger partial charge < -0.3 is 55.0 Å². The Balaban J connectivity index is 1.13. The maximum Gasteiger partial charge on any atom is 0.504 e. The first-order chi connectivity index (χ1) is 50.9. The number of halogens is 3. The zero-order chi connectivity index (χ0) is 76.6. The van der Waals surface area contributed by atoms with Crippen LogP contribution in [0.1, 0.15) is 104 Å². The molecule has 0 spiro atoms. The van der Waals surface area contributed by atoms with Crippen LogP contribution in [0.3, 0.4) is 0 Å². The van der Waals surface area contributed by atoms with Crippen LogP contribution in [-0.4, -0.2) is 134 Å². The third kappa shape index (κ3) is 13.9. The predicted molar refractivity (Wildman–Crippen MR) is 393 cm³/mol. The van der Waals surface area contributed by atoms with Crippen LogP contribution in [0.2, 0.25) is 0 Å². The highest BCUT2D eigenvalue weighted by molar-refractivity contribution is 6.60. The fourth-order valence-corrected chi connectivity index (χ4v) is 17.7. The van der Waals surface area contributed by atoms with Crippen molar-refractivity contribution in [2.24, 2.45) is 0 Å². The van der Waals surface area contributed by atoms with Crippen molar-refractivity contribution < 1.29 is 96.9 Å². The van der Waals surface area contributed by atoms with Crippen LogP contribution in [0, 0.1) is 55.4 Å². The second-order valence-electron chi connectivity index (χ2n) is 26.8. The highest BCUT2D eigenvalue weighted by atomic mass is 28.4. The molecule has 27 heteroatoms. The predicted octanol–water partition coefficient (Wildman–Crippen LogP) is 15.8. The molecule has 0 bridgehead atoms. The molecule has 2 aromatic heterocycles. The molecule has 2 atom stereocenters. The molecule has 0 saturated heterocycles. The highest BCUT2D eigenvalue weighted by Gasteiger charge is 2.57. The van der Waals surface area contributed by atoms with Gasteiger partial charge in [0.2, 0.25) is 17.8 Å². The summed E-state index contributed by atoms with van der Waals surface area (Å²) in [6.45, 7) is 16.0. The van der Waals surface area contributed by atoms with Crippen LogP contribution in [0.25, 0.3) is 43.1 Å². The molecule has 0 N–H and O–H groups in total. The molecule has 0 aliphatic carbocycles. The summed E-state index contributed by atoms with van der Waals surface area (Å²) in [5, 5.41) is 0.0403. The summed E-state index contributed by atoms with van der Waals surface area (Å²) in [6.07, 6.45) is -3.14. The summed E-state index contributed by atoms with van der Waals surface area (Å²) in [5.74, 6) is -8.96. The number of imide groups is 2. The van der Waals surface area contributed by atoms with Crippen molar-refractivity contribution in [2.75, 3.05) is 42.7 Å². The van der Waals surface area contributed by atoms with Gasteiger partial charge in [0.05, 0.1) is 22.3 Å². The molecular weight excluding hydrogens is 1420 g/mol. The van der Waals surface area contributed by atoms with Gasteiger partial charge in [0, 0.05) is 122 Å². The molecule has 13 rings (SSSR count). The number of hydrogen-bond donors (Lipinski definition) is 0. The van der Waals surface area contributed by atoms with Crippen molar-refractivity contribution in [3.8, 4) is 57.8 Å². The van der Waals surface area contributed by atoms with E-state index in [1.165, 1.54) is 104 Å². The minimum Gasteiger partial charge on any atom is -0.457 e. The Hall–Kier alpha value is -11.0. The summed E-state index contributed by atoms with van der Waals surface area (Å²) in [4.78, 5) is 103. The Morgan fingerprint density at radius 1 is 0.383 bits per heavy atom. The van der Waals surface area contributed by atoms with E-state index in [0.29, 0.717) is 33.4 Å². The van der Waals surface area contributed by atoms with E-state index in [2.05, 4.69) is 9.97 Å². The summed E-state index contributed by atoms with van der Waals surface area (Å²) in [5.41, 5.74) is 5.33. The van der Waals surface area contributed by atoms with Gasteiger partial charge in [-0.25, -0.2) is 19.6 Å². The molecule has 0 fully saturated rings. The molecule has 4 amide bonds. The Kier molecular flexibility index (Phi) is 19.9. The van der Waals surface area contributed by atoms with Gasteiger partial charge in [-0.15, -0.1) is 0 Å². The lowest BCUT2D eigenvalue weighted by molar-refractivity contribution is -0.188. The monoisotopic (exact) mass is 1490 g/mol. The number of aromatic nitrogens is 2. The first-order valence-corrected chi connectivity index (χ1v) is 37.6. The van der Waals surface area contributed by atoms with E-state index in [4.69, 9.17) is 55.0 Å². The standard InChI is InChI=1S/C80H73F3N4O18Si2/c1-40-20-41(2)25-51(24-40)100-59-34-55-65-56(75(89)86(74(55)88)48(9)78(92)104-63-32-49(16-18-84-63)38-106(94-10,95-11)96-12)35-60(101-52-26-42(3)21-43(4)27-52)68-70-62(103-54-30-46(7)23-47(8)31-54)37-58-66-57(36-61(69(72(66)70)67(59)71(65)68)102-53-28-44(5)22-45(6)29-53)76(90)87(77(58)91)73(80(81,82)83)79(93)105-64-33-50(17-19-85-64)39-107(97-13,98-14)99-15/h16-37,48,73H,38-39H2,1-15H3. The number of amides is 4. The van der Waals surface area contributed by atoms with Gasteiger partial charge >= 0.3 is 35.7 Å². The van der Waals surface area contributed by atoms with Gasteiger partial charge in [-0.2, -0.15) is 13.2 Å². The largest absolute Gasteiger partial charge is 0.504 e. The molecule has 0 saturated carbocycles. The number of ether oxygens (including phenoxy) is 6. The normalized spacial score (nSPS) is 13.9. The number of carbonyl (C=O) groups is 6. The van der Waals surface area contributed by atoms with Crippen molar-refractivity contribution in [2.45, 2.75) is 92.7 Å². The number of benzene rings is 9. The van der Waals surface area contributed by atoms with E-state index >= 15 is 32.3 Å². The van der Waals surface area contributed by atoms with Crippen molar-refractivity contribution in [3.63, 3.8) is 0 Å². The molecule has 2 aliphatic rings. The molecule has 22 nitrogen and oxygen atoms in total. The van der Waals surface area contributed by atoms with Gasteiger partial charge in [-0.3, -0.25) is 29.0 Å². The van der Waals surface area contributed by atoms with Gasteiger partial charge in [0.25, 0.3) is 23.6 Å². The number of alkyl halides is 3. The van der Waals surface area contributed by atoms with Gasteiger partial charge in [-0.1, -0.05) is 24.3 Å². The van der Waals surface area contributed by atoms with E-state index in [1.54, 1.807) is 54.6 Å². The first-order valence-electron chi connectivity index (χ1n) is 33.8. The van der Waals surface area contributed by atoms with Crippen LogP contribution in [0.5, 0.6) is 57.8 Å². The lowest BCUT2D eigenvalue weighted by atomic mass is 9.80. The van der Waals surface area contributed by atoms with E-state index in [0.717, 1.165) is 27.2 Å². The molecule has 107 heavy (non-hydrogen) atoms. The lowest BCUT2D eigenvalue weighted by Crippen LogP contribution is -2.58. The number of rotatable bonds is 24. The Morgan fingerprint density at radius 3 is 0.925 bits per heavy atom. The van der Waals surface area contributed by atoms with Crippen molar-refractivity contribution in [1.29, 1.82) is 0 Å². The minimum atomic E-state index is -5.72. The number of pyridine rings is 2. The maximum absolute atomic E-state index is 16.4. The van der Waals surface area contributed by atoms with E-state index in [1.807, 2.05) is 79.7 Å². The summed E-state index contributed by atoms with van der Waals surface area (Å²) < 4.78 is 123. The Morgan fingerprint density at radius 2 is 0.654 bits per heavy atom. The van der Waals surface area contributed by atoms with Crippen molar-refractivity contribution in [1.82, 2.24) is 19.8 Å². The molecule has 4 heterocycles. The first kappa shape index (κ1) is 74.3. The van der Waals surface area contributed by atoms with Crippen LogP contribution in [-0.2, 0) is 48.2 Å². The van der Waals surface area contributed by atoms with Gasteiger partial charge in [-0.05, 0) is 203 Å². The smallest absolute Gasteiger partial charge is 0.457 e. The van der Waals surface area contributed by atoms with Crippen LogP contribution in [0.4, 0.5) is 13.2 Å². The fraction of sp³-hybridized carbons (Fsp3) is 0.250. The maximum atomic E-state index is 16.4. The fourth-order valence-electron chi connectivity index (χ4n) is 14.4. The second kappa shape index (κ2) is 28.7. The summed E-state index contributed by atoms with van der Waals surface area (Å²) in [6, 6.07) is 27.1. The molecule has 2 aliphatic heterocycles. The van der Waals surface area contributed by atoms with Gasteiger partial charge in [0.1, 0.15) is 52.0 Å². The topological polar surface area (TPSA) is 245 Å². The number of esters is 2. The molecule has 2 unspecified atom stereocenters. The van der Waals surface area contributed by atoms with E-state index in [9.17, 15) is 9.59 Å². The highest BCUT2D eigenvalue weighted by Crippen LogP contribution is 2.58. The Labute approximate surface area is 614 Å². The van der Waals surface area contributed by atoms with Gasteiger partial charge in [0.15, 0.2) is 0 Å². The molecule has 11 aromatic rings. The lowest BCUT2D eigenvalue weighted by Gasteiger charge is -2.35. The molecule has 0 radical (unpaired) electrons. The van der Waals surface area contributed by atoms with Crippen LogP contribution < -0.4 is 28.4 Å². The number of aryl methyl sites for hydroxylation is 8. The number of nitrogens with zero attached hydrogens (tertiary/aromatic N) is 4. The minimum absolute atomic E-state index is 0.00920. The molecule has 9 aromatic carbocycles. The van der Waals surface area contributed by atoms with E-state index in [-0.39, 0.29) is 123 Å². The zero-order valence-electron chi connectivity index (χ0n) is 61.0. The average Bonchev–Trinajstić information content (AvgIpc) is 0.669. The van der Waals surface area contributed by atoms with Crippen molar-refractivity contribution in [3.05, 3.63) is 212 Å². The Bertz CT molecular complexity index is 5200. The zero-order valence-corrected chi connectivity index (χ0v) is 63.0. The second-order valence-corrected chi connectivity index (χ2v) is 32.7. The quantitative estimate of drug-likeness (QED) is 0.0179. The van der Waals surface area contributed by atoms with E-state index < -0.39 is 88.4 Å². The average molecular weight is 1490 g/mol. The number of hydrogen-bond acceptors (Lipinski definition) is 20.